The van der Waals surface area contributed by atoms with Gasteiger partial charge in [-0.1, -0.05) is 18.0 Å². The SMILES string of the molecule is COCC1(c2noc(-c3ccc(OCC(F)F)nc3)n2)CCCC1. The van der Waals surface area contributed by atoms with Crippen LogP contribution in [0, 0.1) is 0 Å². The molecular formula is C16H19F2N3O3. The summed E-state index contributed by atoms with van der Waals surface area (Å²) in [5.74, 6) is 1.13. The van der Waals surface area contributed by atoms with Crippen LogP contribution in [0.3, 0.4) is 0 Å². The molecule has 8 heteroatoms. The molecule has 1 saturated carbocycles. The quantitative estimate of drug-likeness (QED) is 0.771. The number of halogens is 2. The van der Waals surface area contributed by atoms with Gasteiger partial charge in [0.2, 0.25) is 5.88 Å². The minimum absolute atomic E-state index is 0.130. The number of hydrogen-bond acceptors (Lipinski definition) is 6. The molecule has 2 heterocycles. The Morgan fingerprint density at radius 1 is 1.29 bits per heavy atom. The fourth-order valence-electron chi connectivity index (χ4n) is 3.06. The van der Waals surface area contributed by atoms with Gasteiger partial charge in [-0.25, -0.2) is 13.8 Å². The summed E-state index contributed by atoms with van der Waals surface area (Å²) in [5.41, 5.74) is 0.424. The average molecular weight is 339 g/mol. The van der Waals surface area contributed by atoms with E-state index in [1.807, 2.05) is 0 Å². The monoisotopic (exact) mass is 339 g/mol. The van der Waals surface area contributed by atoms with Gasteiger partial charge in [-0.2, -0.15) is 4.98 Å². The molecule has 0 bridgehead atoms. The van der Waals surface area contributed by atoms with Crippen molar-refractivity contribution in [2.24, 2.45) is 0 Å². The van der Waals surface area contributed by atoms with Crippen LogP contribution in [-0.4, -0.2) is 41.9 Å². The molecule has 2 aromatic rings. The van der Waals surface area contributed by atoms with Crippen LogP contribution in [0.1, 0.15) is 31.5 Å². The van der Waals surface area contributed by atoms with E-state index in [1.54, 1.807) is 13.2 Å². The lowest BCUT2D eigenvalue weighted by Crippen LogP contribution is -2.29. The highest BCUT2D eigenvalue weighted by Gasteiger charge is 2.40. The van der Waals surface area contributed by atoms with Crippen LogP contribution in [0.15, 0.2) is 22.9 Å². The Kier molecular flexibility index (Phi) is 5.03. The fourth-order valence-corrected chi connectivity index (χ4v) is 3.06. The summed E-state index contributed by atoms with van der Waals surface area (Å²) in [6.45, 7) is -0.124. The molecule has 0 aliphatic heterocycles. The zero-order chi connectivity index (χ0) is 17.0. The minimum atomic E-state index is -2.53. The standard InChI is InChI=1S/C16H19F2N3O3/c1-22-10-16(6-2-3-7-16)15-20-14(24-21-15)11-4-5-13(19-8-11)23-9-12(17)18/h4-5,8,12H,2-3,6-7,9-10H2,1H3. The number of rotatable bonds is 7. The van der Waals surface area contributed by atoms with Crippen molar-refractivity contribution in [3.05, 3.63) is 24.2 Å². The van der Waals surface area contributed by atoms with Crippen molar-refractivity contribution in [2.75, 3.05) is 20.3 Å². The van der Waals surface area contributed by atoms with Gasteiger partial charge in [-0.05, 0) is 18.9 Å². The molecule has 1 aliphatic carbocycles. The van der Waals surface area contributed by atoms with Gasteiger partial charge in [0.15, 0.2) is 12.4 Å². The predicted molar refractivity (Wildman–Crippen MR) is 81.1 cm³/mol. The molecule has 1 fully saturated rings. The maximum absolute atomic E-state index is 12.1. The highest BCUT2D eigenvalue weighted by molar-refractivity contribution is 5.51. The van der Waals surface area contributed by atoms with E-state index in [0.717, 1.165) is 25.7 Å². The second kappa shape index (κ2) is 7.21. The zero-order valence-corrected chi connectivity index (χ0v) is 13.4. The van der Waals surface area contributed by atoms with E-state index in [-0.39, 0.29) is 11.3 Å². The lowest BCUT2D eigenvalue weighted by Gasteiger charge is -2.23. The van der Waals surface area contributed by atoms with E-state index in [1.165, 1.54) is 12.3 Å². The molecule has 3 rings (SSSR count). The van der Waals surface area contributed by atoms with Crippen molar-refractivity contribution in [2.45, 2.75) is 37.5 Å². The summed E-state index contributed by atoms with van der Waals surface area (Å²) in [6, 6.07) is 3.16. The van der Waals surface area contributed by atoms with E-state index in [2.05, 4.69) is 15.1 Å². The summed E-state index contributed by atoms with van der Waals surface area (Å²) in [7, 11) is 1.67. The lowest BCUT2D eigenvalue weighted by molar-refractivity contribution is 0.0796. The smallest absolute Gasteiger partial charge is 0.272 e. The molecule has 130 valence electrons. The molecule has 0 N–H and O–H groups in total. The van der Waals surface area contributed by atoms with Crippen LogP contribution in [0.4, 0.5) is 8.78 Å². The number of aromatic nitrogens is 3. The first kappa shape index (κ1) is 16.8. The molecular weight excluding hydrogens is 320 g/mol. The molecule has 0 atom stereocenters. The van der Waals surface area contributed by atoms with Gasteiger partial charge in [-0.15, -0.1) is 0 Å². The first-order valence-electron chi connectivity index (χ1n) is 7.83. The summed E-state index contributed by atoms with van der Waals surface area (Å²) >= 11 is 0. The number of pyridine rings is 1. The van der Waals surface area contributed by atoms with Crippen LogP contribution in [0.5, 0.6) is 5.88 Å². The van der Waals surface area contributed by atoms with Crippen LogP contribution in [-0.2, 0) is 10.2 Å². The molecule has 0 spiro atoms. The number of hydrogen-bond donors (Lipinski definition) is 0. The number of alkyl halides is 2. The van der Waals surface area contributed by atoms with Crippen LogP contribution in [0.25, 0.3) is 11.5 Å². The van der Waals surface area contributed by atoms with Gasteiger partial charge in [0.1, 0.15) is 0 Å². The Balaban J connectivity index is 1.75. The molecule has 6 nitrogen and oxygen atoms in total. The lowest BCUT2D eigenvalue weighted by atomic mass is 9.86. The third-order valence-corrected chi connectivity index (χ3v) is 4.22. The van der Waals surface area contributed by atoms with E-state index in [9.17, 15) is 8.78 Å². The molecule has 0 unspecified atom stereocenters. The molecule has 0 radical (unpaired) electrons. The molecule has 0 saturated heterocycles. The number of methoxy groups -OCH3 is 1. The van der Waals surface area contributed by atoms with E-state index in [0.29, 0.717) is 23.9 Å². The van der Waals surface area contributed by atoms with Gasteiger partial charge < -0.3 is 14.0 Å². The Morgan fingerprint density at radius 3 is 2.71 bits per heavy atom. The number of nitrogens with zero attached hydrogens (tertiary/aromatic N) is 3. The van der Waals surface area contributed by atoms with E-state index < -0.39 is 13.0 Å². The maximum atomic E-state index is 12.1. The maximum Gasteiger partial charge on any atom is 0.272 e. The average Bonchev–Trinajstić information content (AvgIpc) is 3.24. The third-order valence-electron chi connectivity index (χ3n) is 4.22. The van der Waals surface area contributed by atoms with Crippen LogP contribution >= 0.6 is 0 Å². The van der Waals surface area contributed by atoms with Crippen molar-refractivity contribution >= 4 is 0 Å². The summed E-state index contributed by atoms with van der Waals surface area (Å²) in [4.78, 5) is 8.48. The Morgan fingerprint density at radius 2 is 2.08 bits per heavy atom. The van der Waals surface area contributed by atoms with Crippen molar-refractivity contribution in [1.29, 1.82) is 0 Å². The Hall–Kier alpha value is -2.09. The Labute approximate surface area is 138 Å². The number of ether oxygens (including phenoxy) is 2. The van der Waals surface area contributed by atoms with Crippen molar-refractivity contribution in [3.8, 4) is 17.3 Å². The zero-order valence-electron chi connectivity index (χ0n) is 13.4. The highest BCUT2D eigenvalue weighted by Crippen LogP contribution is 2.40. The van der Waals surface area contributed by atoms with Gasteiger partial charge in [0, 0.05) is 19.4 Å². The third kappa shape index (κ3) is 3.53. The van der Waals surface area contributed by atoms with Crippen LogP contribution < -0.4 is 4.74 Å². The van der Waals surface area contributed by atoms with Gasteiger partial charge in [-0.3, -0.25) is 0 Å². The van der Waals surface area contributed by atoms with E-state index in [4.69, 9.17) is 14.0 Å². The molecule has 0 aromatic carbocycles. The van der Waals surface area contributed by atoms with Crippen molar-refractivity contribution in [1.82, 2.24) is 15.1 Å². The first-order chi connectivity index (χ1) is 11.6. The van der Waals surface area contributed by atoms with Gasteiger partial charge >= 0.3 is 0 Å². The molecule has 1 aliphatic rings. The minimum Gasteiger partial charge on any atom is -0.472 e. The van der Waals surface area contributed by atoms with Crippen molar-refractivity contribution in [3.63, 3.8) is 0 Å². The normalized spacial score (nSPS) is 16.7. The second-order valence-corrected chi connectivity index (χ2v) is 5.93. The van der Waals surface area contributed by atoms with Gasteiger partial charge in [0.05, 0.1) is 17.6 Å². The van der Waals surface area contributed by atoms with Gasteiger partial charge in [0.25, 0.3) is 12.3 Å². The predicted octanol–water partition coefficient (Wildman–Crippen LogP) is 3.23. The van der Waals surface area contributed by atoms with Crippen molar-refractivity contribution < 1.29 is 22.8 Å². The highest BCUT2D eigenvalue weighted by atomic mass is 19.3. The largest absolute Gasteiger partial charge is 0.472 e. The summed E-state index contributed by atoms with van der Waals surface area (Å²) in [5, 5.41) is 4.12. The molecule has 0 amide bonds. The Bertz CT molecular complexity index is 655. The van der Waals surface area contributed by atoms with E-state index >= 15 is 0 Å². The first-order valence-corrected chi connectivity index (χ1v) is 7.83. The van der Waals surface area contributed by atoms with Crippen LogP contribution in [0.2, 0.25) is 0 Å². The second-order valence-electron chi connectivity index (χ2n) is 5.93. The topological polar surface area (TPSA) is 70.3 Å². The summed E-state index contributed by atoms with van der Waals surface area (Å²) in [6.07, 6.45) is 3.11. The molecule has 2 aromatic heterocycles. The molecule has 24 heavy (non-hydrogen) atoms. The fraction of sp³-hybridized carbons (Fsp3) is 0.562. The summed E-state index contributed by atoms with van der Waals surface area (Å²) < 4.78 is 39.8.